The molecule has 0 unspecified atom stereocenters. The van der Waals surface area contributed by atoms with Crippen LogP contribution in [0.2, 0.25) is 0 Å². The van der Waals surface area contributed by atoms with Crippen LogP contribution in [0.3, 0.4) is 0 Å². The zero-order valence-corrected chi connectivity index (χ0v) is 21.2. The van der Waals surface area contributed by atoms with E-state index in [9.17, 15) is 0 Å². The first-order valence-corrected chi connectivity index (χ1v) is 13.5. The summed E-state index contributed by atoms with van der Waals surface area (Å²) in [5.74, 6) is 1.02. The highest BCUT2D eigenvalue weighted by Gasteiger charge is 2.27. The van der Waals surface area contributed by atoms with Gasteiger partial charge >= 0.3 is 0 Å². The van der Waals surface area contributed by atoms with Crippen molar-refractivity contribution >= 4 is 43.6 Å². The summed E-state index contributed by atoms with van der Waals surface area (Å²) in [4.78, 5) is 5.02. The first-order chi connectivity index (χ1) is 19.4. The topological polar surface area (TPSA) is 22.8 Å². The SMILES string of the molecule is c1cc2c(c(-n3c4ccccc4c4ccccc43)c1)Cc1c-2ccnc1-n1c2ccccc2c2ccccc21. The van der Waals surface area contributed by atoms with Gasteiger partial charge in [-0.1, -0.05) is 84.9 Å². The predicted octanol–water partition coefficient (Wildman–Crippen LogP) is 8.85. The molecule has 5 aromatic carbocycles. The van der Waals surface area contributed by atoms with E-state index in [1.54, 1.807) is 0 Å². The lowest BCUT2D eigenvalue weighted by Gasteiger charge is -2.13. The molecule has 0 atom stereocenters. The fourth-order valence-electron chi connectivity index (χ4n) is 6.83. The van der Waals surface area contributed by atoms with Gasteiger partial charge < -0.3 is 4.57 Å². The van der Waals surface area contributed by atoms with Crippen molar-refractivity contribution in [2.24, 2.45) is 0 Å². The zero-order chi connectivity index (χ0) is 25.5. The van der Waals surface area contributed by atoms with Gasteiger partial charge in [0.1, 0.15) is 5.82 Å². The molecule has 0 radical (unpaired) electrons. The van der Waals surface area contributed by atoms with Crippen molar-refractivity contribution in [2.45, 2.75) is 6.42 Å². The number of fused-ring (bicyclic) bond motifs is 9. The van der Waals surface area contributed by atoms with E-state index >= 15 is 0 Å². The second-order valence-corrected chi connectivity index (χ2v) is 10.4. The first-order valence-electron chi connectivity index (χ1n) is 13.5. The van der Waals surface area contributed by atoms with Crippen molar-refractivity contribution in [1.29, 1.82) is 0 Å². The number of benzene rings is 5. The van der Waals surface area contributed by atoms with E-state index in [1.807, 2.05) is 6.20 Å². The van der Waals surface area contributed by atoms with Crippen molar-refractivity contribution in [3.8, 4) is 22.6 Å². The Balaban J connectivity index is 1.32. The molecule has 0 saturated heterocycles. The lowest BCUT2D eigenvalue weighted by atomic mass is 10.1. The van der Waals surface area contributed by atoms with Crippen LogP contribution < -0.4 is 0 Å². The Labute approximate surface area is 225 Å². The fraction of sp³-hybridized carbons (Fsp3) is 0.0278. The molecule has 0 fully saturated rings. The summed E-state index contributed by atoms with van der Waals surface area (Å²) >= 11 is 0. The Kier molecular flexibility index (Phi) is 4.11. The van der Waals surface area contributed by atoms with Crippen LogP contribution in [-0.4, -0.2) is 14.1 Å². The Bertz CT molecular complexity index is 2000. The summed E-state index contributed by atoms with van der Waals surface area (Å²) in [6.07, 6.45) is 2.81. The van der Waals surface area contributed by atoms with E-state index in [0.29, 0.717) is 0 Å². The number of hydrogen-bond acceptors (Lipinski definition) is 1. The lowest BCUT2D eigenvalue weighted by Crippen LogP contribution is -2.03. The number of aromatic nitrogens is 3. The lowest BCUT2D eigenvalue weighted by molar-refractivity contribution is 1.03. The molecule has 3 nitrogen and oxygen atoms in total. The standard InChI is InChI=1S/C36H23N3/c1-5-15-31-25(10-1)26-11-2-6-16-32(26)38(31)35-19-9-14-23-24-20-21-37-36(30(24)22-29(23)35)39-33-17-7-3-12-27(33)28-13-4-8-18-34(28)39/h1-21H,22H2. The molecule has 3 heterocycles. The number of para-hydroxylation sites is 4. The highest BCUT2D eigenvalue weighted by molar-refractivity contribution is 6.10. The second kappa shape index (κ2) is 7.68. The van der Waals surface area contributed by atoms with Gasteiger partial charge in [-0.25, -0.2) is 4.98 Å². The smallest absolute Gasteiger partial charge is 0.141 e. The summed E-state index contributed by atoms with van der Waals surface area (Å²) in [6, 6.07) is 43.8. The number of pyridine rings is 1. The summed E-state index contributed by atoms with van der Waals surface area (Å²) < 4.78 is 4.80. The monoisotopic (exact) mass is 497 g/mol. The molecule has 8 aromatic rings. The van der Waals surface area contributed by atoms with Gasteiger partial charge in [-0.3, -0.25) is 4.57 Å². The minimum absolute atomic E-state index is 0.839. The summed E-state index contributed by atoms with van der Waals surface area (Å²) in [6.45, 7) is 0. The molecule has 0 bridgehead atoms. The van der Waals surface area contributed by atoms with Crippen molar-refractivity contribution in [3.05, 3.63) is 139 Å². The van der Waals surface area contributed by atoms with Crippen LogP contribution >= 0.6 is 0 Å². The molecule has 0 N–H and O–H groups in total. The van der Waals surface area contributed by atoms with Crippen molar-refractivity contribution in [2.75, 3.05) is 0 Å². The van der Waals surface area contributed by atoms with Crippen LogP contribution in [-0.2, 0) is 6.42 Å². The van der Waals surface area contributed by atoms with Crippen LogP contribution in [0.25, 0.3) is 66.2 Å². The molecule has 3 heteroatoms. The number of nitrogens with zero attached hydrogens (tertiary/aromatic N) is 3. The normalized spacial score (nSPS) is 12.5. The molecular formula is C36H23N3. The maximum atomic E-state index is 5.02. The summed E-state index contributed by atoms with van der Waals surface area (Å²) in [7, 11) is 0. The third-order valence-corrected chi connectivity index (χ3v) is 8.44. The van der Waals surface area contributed by atoms with E-state index in [2.05, 4.69) is 130 Å². The molecule has 9 rings (SSSR count). The van der Waals surface area contributed by atoms with E-state index < -0.39 is 0 Å². The molecule has 3 aromatic heterocycles. The minimum atomic E-state index is 0.839. The molecule has 0 spiro atoms. The largest absolute Gasteiger partial charge is 0.309 e. The first kappa shape index (κ1) is 20.9. The highest BCUT2D eigenvalue weighted by atomic mass is 15.1. The van der Waals surface area contributed by atoms with Crippen LogP contribution in [0.5, 0.6) is 0 Å². The summed E-state index contributed by atoms with van der Waals surface area (Å²) in [5.41, 5.74) is 11.3. The average molecular weight is 498 g/mol. The molecule has 0 amide bonds. The Morgan fingerprint density at radius 1 is 0.436 bits per heavy atom. The molecular weight excluding hydrogens is 474 g/mol. The van der Waals surface area contributed by atoms with Gasteiger partial charge in [0, 0.05) is 39.7 Å². The van der Waals surface area contributed by atoms with Gasteiger partial charge in [0.25, 0.3) is 0 Å². The average Bonchev–Trinajstić information content (AvgIpc) is 3.65. The van der Waals surface area contributed by atoms with E-state index in [0.717, 1.165) is 12.2 Å². The van der Waals surface area contributed by atoms with Crippen LogP contribution in [0.4, 0.5) is 0 Å². The van der Waals surface area contributed by atoms with Gasteiger partial charge in [-0.05, 0) is 53.1 Å². The second-order valence-electron chi connectivity index (χ2n) is 10.4. The van der Waals surface area contributed by atoms with Crippen LogP contribution in [0, 0.1) is 0 Å². The Hall–Kier alpha value is -5.15. The van der Waals surface area contributed by atoms with Gasteiger partial charge in [0.2, 0.25) is 0 Å². The molecule has 1 aliphatic rings. The third kappa shape index (κ3) is 2.74. The maximum Gasteiger partial charge on any atom is 0.141 e. The summed E-state index contributed by atoms with van der Waals surface area (Å²) in [5, 5.41) is 5.09. The molecule has 0 saturated carbocycles. The van der Waals surface area contributed by atoms with E-state index in [1.165, 1.54) is 71.6 Å². The molecule has 39 heavy (non-hydrogen) atoms. The van der Waals surface area contributed by atoms with Gasteiger partial charge in [-0.15, -0.1) is 0 Å². The number of hydrogen-bond donors (Lipinski definition) is 0. The fourth-order valence-corrected chi connectivity index (χ4v) is 6.83. The van der Waals surface area contributed by atoms with Crippen molar-refractivity contribution in [1.82, 2.24) is 14.1 Å². The minimum Gasteiger partial charge on any atom is -0.309 e. The van der Waals surface area contributed by atoms with Crippen molar-refractivity contribution in [3.63, 3.8) is 0 Å². The Morgan fingerprint density at radius 3 is 1.49 bits per heavy atom. The Morgan fingerprint density at radius 2 is 0.923 bits per heavy atom. The molecule has 182 valence electrons. The highest BCUT2D eigenvalue weighted by Crippen LogP contribution is 2.44. The van der Waals surface area contributed by atoms with Gasteiger partial charge in [-0.2, -0.15) is 0 Å². The number of rotatable bonds is 2. The molecule has 0 aliphatic heterocycles. The quantitative estimate of drug-likeness (QED) is 0.234. The predicted molar refractivity (Wildman–Crippen MR) is 161 cm³/mol. The third-order valence-electron chi connectivity index (χ3n) is 8.44. The van der Waals surface area contributed by atoms with Crippen molar-refractivity contribution < 1.29 is 0 Å². The maximum absolute atomic E-state index is 5.02. The van der Waals surface area contributed by atoms with E-state index in [4.69, 9.17) is 4.98 Å². The molecule has 1 aliphatic carbocycles. The van der Waals surface area contributed by atoms with Gasteiger partial charge in [0.15, 0.2) is 0 Å². The van der Waals surface area contributed by atoms with E-state index in [-0.39, 0.29) is 0 Å². The van der Waals surface area contributed by atoms with Crippen LogP contribution in [0.15, 0.2) is 128 Å². The van der Waals surface area contributed by atoms with Gasteiger partial charge in [0.05, 0.1) is 27.8 Å². The zero-order valence-electron chi connectivity index (χ0n) is 21.2. The van der Waals surface area contributed by atoms with Crippen LogP contribution in [0.1, 0.15) is 11.1 Å².